The van der Waals surface area contributed by atoms with Gasteiger partial charge in [0.05, 0.1) is 24.2 Å². The van der Waals surface area contributed by atoms with Gasteiger partial charge in [-0.3, -0.25) is 9.69 Å². The lowest BCUT2D eigenvalue weighted by Crippen LogP contribution is -2.48. The Morgan fingerprint density at radius 3 is 2.48 bits per heavy atom. The van der Waals surface area contributed by atoms with Crippen molar-refractivity contribution >= 4 is 17.5 Å². The molecule has 1 aromatic heterocycles. The fourth-order valence-electron chi connectivity index (χ4n) is 3.33. The minimum atomic E-state index is -1.10. The van der Waals surface area contributed by atoms with Gasteiger partial charge in [0, 0.05) is 31.7 Å². The SMILES string of the molecule is COc1ccc(-c2noc(CN3CCN(C(=O)c4cc(F)c(F)cc4Cl)CC3)n2)cc1. The molecular formula is C21H19ClF2N4O3. The summed E-state index contributed by atoms with van der Waals surface area (Å²) >= 11 is 5.92. The summed E-state index contributed by atoms with van der Waals surface area (Å²) in [4.78, 5) is 20.7. The Kier molecular flexibility index (Phi) is 6.15. The van der Waals surface area contributed by atoms with Crippen LogP contribution in [-0.4, -0.2) is 59.1 Å². The molecular weight excluding hydrogens is 430 g/mol. The number of ether oxygens (including phenoxy) is 1. The zero-order valence-electron chi connectivity index (χ0n) is 16.6. The minimum Gasteiger partial charge on any atom is -0.497 e. The van der Waals surface area contributed by atoms with Crippen molar-refractivity contribution in [3.8, 4) is 17.1 Å². The molecule has 3 aromatic rings. The first-order valence-corrected chi connectivity index (χ1v) is 9.95. The highest BCUT2D eigenvalue weighted by molar-refractivity contribution is 6.33. The van der Waals surface area contributed by atoms with Gasteiger partial charge in [0.15, 0.2) is 11.6 Å². The number of aromatic nitrogens is 2. The predicted octanol–water partition coefficient (Wildman–Crippen LogP) is 3.63. The number of hydrogen-bond donors (Lipinski definition) is 0. The maximum Gasteiger partial charge on any atom is 0.255 e. The number of carbonyl (C=O) groups is 1. The van der Waals surface area contributed by atoms with E-state index in [1.54, 1.807) is 12.0 Å². The van der Waals surface area contributed by atoms with Gasteiger partial charge in [-0.2, -0.15) is 4.98 Å². The molecule has 10 heteroatoms. The highest BCUT2D eigenvalue weighted by Crippen LogP contribution is 2.23. The van der Waals surface area contributed by atoms with Crippen molar-refractivity contribution in [1.82, 2.24) is 19.9 Å². The summed E-state index contributed by atoms with van der Waals surface area (Å²) in [6, 6.07) is 8.99. The number of rotatable bonds is 5. The van der Waals surface area contributed by atoms with E-state index in [-0.39, 0.29) is 10.6 Å². The molecule has 162 valence electrons. The van der Waals surface area contributed by atoms with Crippen LogP contribution in [0.2, 0.25) is 5.02 Å². The van der Waals surface area contributed by atoms with E-state index in [9.17, 15) is 13.6 Å². The second kappa shape index (κ2) is 8.99. The maximum atomic E-state index is 13.5. The second-order valence-electron chi connectivity index (χ2n) is 7.05. The van der Waals surface area contributed by atoms with Crippen LogP contribution in [0.15, 0.2) is 40.9 Å². The number of methoxy groups -OCH3 is 1. The average Bonchev–Trinajstić information content (AvgIpc) is 3.25. The Balaban J connectivity index is 1.35. The van der Waals surface area contributed by atoms with Gasteiger partial charge in [-0.05, 0) is 36.4 Å². The lowest BCUT2D eigenvalue weighted by molar-refractivity contribution is 0.0614. The highest BCUT2D eigenvalue weighted by atomic mass is 35.5. The van der Waals surface area contributed by atoms with Gasteiger partial charge in [0.2, 0.25) is 11.7 Å². The first-order chi connectivity index (χ1) is 14.9. The Morgan fingerprint density at radius 2 is 1.81 bits per heavy atom. The monoisotopic (exact) mass is 448 g/mol. The van der Waals surface area contributed by atoms with Gasteiger partial charge in [0.25, 0.3) is 5.91 Å². The van der Waals surface area contributed by atoms with Crippen LogP contribution in [0.5, 0.6) is 5.75 Å². The summed E-state index contributed by atoms with van der Waals surface area (Å²) in [6.07, 6.45) is 0. The van der Waals surface area contributed by atoms with E-state index < -0.39 is 17.5 Å². The fourth-order valence-corrected chi connectivity index (χ4v) is 3.56. The van der Waals surface area contributed by atoms with Crippen molar-refractivity contribution in [3.05, 3.63) is 64.5 Å². The van der Waals surface area contributed by atoms with E-state index in [1.807, 2.05) is 24.3 Å². The zero-order valence-corrected chi connectivity index (χ0v) is 17.4. The lowest BCUT2D eigenvalue weighted by Gasteiger charge is -2.34. The second-order valence-corrected chi connectivity index (χ2v) is 7.46. The summed E-state index contributed by atoms with van der Waals surface area (Å²) < 4.78 is 37.3. The molecule has 0 saturated carbocycles. The topological polar surface area (TPSA) is 71.7 Å². The van der Waals surface area contributed by atoms with Crippen molar-refractivity contribution in [1.29, 1.82) is 0 Å². The van der Waals surface area contributed by atoms with Crippen molar-refractivity contribution in [2.24, 2.45) is 0 Å². The lowest BCUT2D eigenvalue weighted by atomic mass is 10.1. The van der Waals surface area contributed by atoms with Crippen LogP contribution < -0.4 is 4.74 Å². The van der Waals surface area contributed by atoms with Crippen molar-refractivity contribution in [2.75, 3.05) is 33.3 Å². The molecule has 0 atom stereocenters. The Labute approximate surface area is 182 Å². The summed E-state index contributed by atoms with van der Waals surface area (Å²) in [6.45, 7) is 2.39. The molecule has 0 aliphatic carbocycles. The molecule has 0 N–H and O–H groups in total. The standard InChI is InChI=1S/C21H19ClF2N4O3/c1-30-14-4-2-13(3-5-14)20-25-19(31-26-20)12-27-6-8-28(9-7-27)21(29)15-10-17(23)18(24)11-16(15)22/h2-5,10-11H,6-9,12H2,1H3. The molecule has 1 saturated heterocycles. The predicted molar refractivity (Wildman–Crippen MR) is 109 cm³/mol. The number of nitrogens with zero attached hydrogens (tertiary/aromatic N) is 4. The van der Waals surface area contributed by atoms with E-state index in [0.29, 0.717) is 44.4 Å². The van der Waals surface area contributed by atoms with Gasteiger partial charge >= 0.3 is 0 Å². The van der Waals surface area contributed by atoms with Crippen LogP contribution in [0.4, 0.5) is 8.78 Å². The average molecular weight is 449 g/mol. The molecule has 0 radical (unpaired) electrons. The van der Waals surface area contributed by atoms with E-state index >= 15 is 0 Å². The van der Waals surface area contributed by atoms with Crippen molar-refractivity contribution in [2.45, 2.75) is 6.54 Å². The number of halogens is 3. The molecule has 31 heavy (non-hydrogen) atoms. The van der Waals surface area contributed by atoms with Gasteiger partial charge in [-0.15, -0.1) is 0 Å². The van der Waals surface area contributed by atoms with Crippen LogP contribution in [0.25, 0.3) is 11.4 Å². The van der Waals surface area contributed by atoms with Crippen LogP contribution >= 0.6 is 11.6 Å². The molecule has 4 rings (SSSR count). The molecule has 1 aliphatic rings. The molecule has 1 amide bonds. The first kappa shape index (κ1) is 21.2. The number of amides is 1. The van der Waals surface area contributed by atoms with Crippen LogP contribution in [-0.2, 0) is 6.54 Å². The number of piperazine rings is 1. The normalized spacial score (nSPS) is 14.6. The molecule has 0 unspecified atom stereocenters. The Morgan fingerprint density at radius 1 is 1.13 bits per heavy atom. The van der Waals surface area contributed by atoms with E-state index in [2.05, 4.69) is 15.0 Å². The number of hydrogen-bond acceptors (Lipinski definition) is 6. The summed E-state index contributed by atoms with van der Waals surface area (Å²) in [7, 11) is 1.60. The van der Waals surface area contributed by atoms with Crippen molar-refractivity contribution in [3.63, 3.8) is 0 Å². The first-order valence-electron chi connectivity index (χ1n) is 9.58. The van der Waals surface area contributed by atoms with Crippen molar-refractivity contribution < 1.29 is 22.8 Å². The quantitative estimate of drug-likeness (QED) is 0.555. The number of benzene rings is 2. The van der Waals surface area contributed by atoms with Crippen LogP contribution in [0.1, 0.15) is 16.2 Å². The zero-order chi connectivity index (χ0) is 22.0. The third-order valence-corrected chi connectivity index (χ3v) is 5.39. The highest BCUT2D eigenvalue weighted by Gasteiger charge is 2.26. The van der Waals surface area contributed by atoms with E-state index in [1.165, 1.54) is 0 Å². The molecule has 2 heterocycles. The Hall–Kier alpha value is -3.04. The number of carbonyl (C=O) groups excluding carboxylic acids is 1. The summed E-state index contributed by atoms with van der Waals surface area (Å²) in [5.41, 5.74) is 0.768. The van der Waals surface area contributed by atoms with Gasteiger partial charge in [-0.1, -0.05) is 16.8 Å². The smallest absolute Gasteiger partial charge is 0.255 e. The molecule has 1 aliphatic heterocycles. The summed E-state index contributed by atoms with van der Waals surface area (Å²) in [5.74, 6) is -0.920. The minimum absolute atomic E-state index is 0.0462. The van der Waals surface area contributed by atoms with Gasteiger partial charge < -0.3 is 14.2 Å². The largest absolute Gasteiger partial charge is 0.497 e. The van der Waals surface area contributed by atoms with Gasteiger partial charge in [0.1, 0.15) is 5.75 Å². The molecule has 7 nitrogen and oxygen atoms in total. The third kappa shape index (κ3) is 4.67. The van der Waals surface area contributed by atoms with Crippen LogP contribution in [0, 0.1) is 11.6 Å². The molecule has 1 fully saturated rings. The maximum absolute atomic E-state index is 13.5. The molecule has 0 bridgehead atoms. The van der Waals surface area contributed by atoms with E-state index in [4.69, 9.17) is 20.9 Å². The third-order valence-electron chi connectivity index (χ3n) is 5.08. The summed E-state index contributed by atoms with van der Waals surface area (Å²) in [5, 5.41) is 3.91. The Bertz CT molecular complexity index is 1080. The molecule has 2 aromatic carbocycles. The molecule has 0 spiro atoms. The fraction of sp³-hybridized carbons (Fsp3) is 0.286. The van der Waals surface area contributed by atoms with Crippen LogP contribution in [0.3, 0.4) is 0 Å². The van der Waals surface area contributed by atoms with E-state index in [0.717, 1.165) is 23.4 Å². The van der Waals surface area contributed by atoms with Gasteiger partial charge in [-0.25, -0.2) is 8.78 Å².